The predicted octanol–water partition coefficient (Wildman–Crippen LogP) is 1.93. The maximum atomic E-state index is 13.8. The number of carbonyl (C=O) groups excluding carboxylic acids is 2. The van der Waals surface area contributed by atoms with Crippen LogP contribution in [0.2, 0.25) is 0 Å². The van der Waals surface area contributed by atoms with Crippen LogP contribution in [0.15, 0.2) is 18.2 Å². The number of urea groups is 1. The van der Waals surface area contributed by atoms with E-state index in [-0.39, 0.29) is 36.1 Å². The molecule has 5 rings (SSSR count). The molecule has 1 aromatic carbocycles. The summed E-state index contributed by atoms with van der Waals surface area (Å²) < 4.78 is 32.4. The number of halogens is 2. The first-order valence-electron chi connectivity index (χ1n) is 10.3. The van der Waals surface area contributed by atoms with E-state index >= 15 is 0 Å². The topological polar surface area (TPSA) is 61.9 Å². The van der Waals surface area contributed by atoms with Crippen molar-refractivity contribution < 1.29 is 23.1 Å². The number of likely N-dealkylation sites (tertiary alicyclic amines) is 2. The highest BCUT2D eigenvalue weighted by atomic mass is 19.1. The van der Waals surface area contributed by atoms with Crippen molar-refractivity contribution in [3.8, 4) is 0 Å². The molecule has 3 aliphatic heterocycles. The van der Waals surface area contributed by atoms with Gasteiger partial charge in [0, 0.05) is 37.7 Å². The lowest BCUT2D eigenvalue weighted by atomic mass is 9.56. The van der Waals surface area contributed by atoms with E-state index in [1.807, 2.05) is 9.80 Å². The SMILES string of the molecule is O=C1CO[C@H]2CCN(C(=O)N3CC4(CC(Cc5ccc(F)cc5F)C4)C3)C[C@@H]2N1. The van der Waals surface area contributed by atoms with Gasteiger partial charge in [-0.1, -0.05) is 6.07 Å². The molecule has 1 aliphatic carbocycles. The zero-order valence-electron chi connectivity index (χ0n) is 16.2. The molecule has 29 heavy (non-hydrogen) atoms. The molecule has 1 spiro atoms. The minimum atomic E-state index is -0.548. The first kappa shape index (κ1) is 18.8. The third-order valence-corrected chi connectivity index (χ3v) is 6.88. The summed E-state index contributed by atoms with van der Waals surface area (Å²) in [6.07, 6.45) is 3.31. The second-order valence-corrected chi connectivity index (χ2v) is 9.11. The van der Waals surface area contributed by atoms with E-state index in [1.165, 1.54) is 12.1 Å². The Balaban J connectivity index is 1.10. The molecule has 3 heterocycles. The summed E-state index contributed by atoms with van der Waals surface area (Å²) in [5.41, 5.74) is 0.732. The van der Waals surface area contributed by atoms with Crippen LogP contribution in [0, 0.1) is 23.0 Å². The molecule has 1 N–H and O–H groups in total. The number of benzene rings is 1. The largest absolute Gasteiger partial charge is 0.366 e. The standard InChI is InChI=1S/C21H25F2N3O3/c22-15-2-1-14(16(23)6-15)5-13-7-21(8-13)11-26(12-21)20(28)25-4-3-18-17(9-25)24-19(27)10-29-18/h1-2,6,13,17-18H,3-5,7-12H2,(H,24,27)/t17-,18-/m0/s1. The van der Waals surface area contributed by atoms with Crippen LogP contribution in [0.5, 0.6) is 0 Å². The summed E-state index contributed by atoms with van der Waals surface area (Å²) in [5, 5.41) is 2.92. The highest BCUT2D eigenvalue weighted by Crippen LogP contribution is 2.53. The molecule has 0 unspecified atom stereocenters. The molecule has 1 aromatic rings. The highest BCUT2D eigenvalue weighted by molar-refractivity contribution is 5.79. The van der Waals surface area contributed by atoms with Gasteiger partial charge in [0.25, 0.3) is 0 Å². The molecule has 156 valence electrons. The molecule has 3 saturated heterocycles. The smallest absolute Gasteiger partial charge is 0.320 e. The Hall–Kier alpha value is -2.22. The number of amides is 3. The fourth-order valence-electron chi connectivity index (χ4n) is 5.54. The zero-order valence-corrected chi connectivity index (χ0v) is 16.2. The van der Waals surface area contributed by atoms with Crippen molar-refractivity contribution in [2.24, 2.45) is 11.3 Å². The number of hydrogen-bond acceptors (Lipinski definition) is 3. The normalized spacial score (nSPS) is 28.4. The van der Waals surface area contributed by atoms with Gasteiger partial charge in [-0.2, -0.15) is 0 Å². The minimum absolute atomic E-state index is 0.00118. The van der Waals surface area contributed by atoms with Crippen LogP contribution >= 0.6 is 0 Å². The number of nitrogens with zero attached hydrogens (tertiary/aromatic N) is 2. The van der Waals surface area contributed by atoms with Crippen molar-refractivity contribution in [1.82, 2.24) is 15.1 Å². The van der Waals surface area contributed by atoms with Crippen molar-refractivity contribution in [2.75, 3.05) is 32.8 Å². The molecule has 3 amide bonds. The van der Waals surface area contributed by atoms with Crippen LogP contribution in [-0.2, 0) is 16.0 Å². The van der Waals surface area contributed by atoms with Crippen molar-refractivity contribution in [2.45, 2.75) is 37.8 Å². The van der Waals surface area contributed by atoms with Crippen molar-refractivity contribution in [3.63, 3.8) is 0 Å². The van der Waals surface area contributed by atoms with Gasteiger partial charge in [-0.15, -0.1) is 0 Å². The van der Waals surface area contributed by atoms with Crippen molar-refractivity contribution in [1.29, 1.82) is 0 Å². The van der Waals surface area contributed by atoms with Gasteiger partial charge in [0.05, 0.1) is 12.1 Å². The van der Waals surface area contributed by atoms with E-state index in [9.17, 15) is 18.4 Å². The van der Waals surface area contributed by atoms with Crippen molar-refractivity contribution >= 4 is 11.9 Å². The third kappa shape index (κ3) is 3.47. The lowest BCUT2D eigenvalue weighted by molar-refractivity contribution is -0.140. The summed E-state index contributed by atoms with van der Waals surface area (Å²) in [7, 11) is 0. The van der Waals surface area contributed by atoms with Gasteiger partial charge in [0.15, 0.2) is 0 Å². The highest BCUT2D eigenvalue weighted by Gasteiger charge is 2.54. The maximum absolute atomic E-state index is 13.8. The number of carbonyl (C=O) groups is 2. The third-order valence-electron chi connectivity index (χ3n) is 6.88. The minimum Gasteiger partial charge on any atom is -0.366 e. The average molecular weight is 405 g/mol. The van der Waals surface area contributed by atoms with Gasteiger partial charge in [-0.3, -0.25) is 4.79 Å². The Morgan fingerprint density at radius 1 is 1.24 bits per heavy atom. The van der Waals surface area contributed by atoms with Gasteiger partial charge in [-0.05, 0) is 43.2 Å². The molecule has 2 atom stereocenters. The molecule has 0 bridgehead atoms. The number of rotatable bonds is 2. The van der Waals surface area contributed by atoms with E-state index in [1.54, 1.807) is 0 Å². The van der Waals surface area contributed by atoms with Gasteiger partial charge >= 0.3 is 6.03 Å². The van der Waals surface area contributed by atoms with Crippen LogP contribution < -0.4 is 5.32 Å². The second kappa shape index (κ2) is 6.93. The van der Waals surface area contributed by atoms with Crippen LogP contribution in [0.3, 0.4) is 0 Å². The number of hydrogen-bond donors (Lipinski definition) is 1. The predicted molar refractivity (Wildman–Crippen MR) is 100 cm³/mol. The van der Waals surface area contributed by atoms with Gasteiger partial charge < -0.3 is 19.9 Å². The number of ether oxygens (including phenoxy) is 1. The Morgan fingerprint density at radius 2 is 2.03 bits per heavy atom. The average Bonchev–Trinajstić information content (AvgIpc) is 2.63. The Labute approximate surface area is 168 Å². The van der Waals surface area contributed by atoms with Crippen LogP contribution in [0.25, 0.3) is 0 Å². The zero-order chi connectivity index (χ0) is 20.2. The van der Waals surface area contributed by atoms with Crippen LogP contribution in [-0.4, -0.2) is 66.7 Å². The summed E-state index contributed by atoms with van der Waals surface area (Å²) >= 11 is 0. The Morgan fingerprint density at radius 3 is 2.79 bits per heavy atom. The number of fused-ring (bicyclic) bond motifs is 1. The van der Waals surface area contributed by atoms with E-state index in [2.05, 4.69) is 5.32 Å². The quantitative estimate of drug-likeness (QED) is 0.818. The molecule has 8 heteroatoms. The number of nitrogens with one attached hydrogen (secondary N) is 1. The molecule has 1 saturated carbocycles. The summed E-state index contributed by atoms with van der Waals surface area (Å²) in [4.78, 5) is 28.0. The fourth-order valence-corrected chi connectivity index (χ4v) is 5.54. The molecule has 0 aromatic heterocycles. The number of morpholine rings is 1. The summed E-state index contributed by atoms with van der Waals surface area (Å²) in [5.74, 6) is -0.759. The van der Waals surface area contributed by atoms with E-state index in [4.69, 9.17) is 4.74 Å². The van der Waals surface area contributed by atoms with Gasteiger partial charge in [0.1, 0.15) is 18.2 Å². The Bertz CT molecular complexity index is 834. The van der Waals surface area contributed by atoms with E-state index < -0.39 is 11.6 Å². The fraction of sp³-hybridized carbons (Fsp3) is 0.619. The first-order valence-corrected chi connectivity index (χ1v) is 10.3. The second-order valence-electron chi connectivity index (χ2n) is 9.11. The molecular weight excluding hydrogens is 380 g/mol. The lowest BCUT2D eigenvalue weighted by Gasteiger charge is -2.60. The maximum Gasteiger partial charge on any atom is 0.320 e. The lowest BCUT2D eigenvalue weighted by Crippen LogP contribution is -2.68. The first-order chi connectivity index (χ1) is 13.9. The van der Waals surface area contributed by atoms with E-state index in [0.29, 0.717) is 31.0 Å². The monoisotopic (exact) mass is 405 g/mol. The van der Waals surface area contributed by atoms with Gasteiger partial charge in [-0.25, -0.2) is 13.6 Å². The van der Waals surface area contributed by atoms with Crippen LogP contribution in [0.4, 0.5) is 13.6 Å². The summed E-state index contributed by atoms with van der Waals surface area (Å²) in [6, 6.07) is 3.68. The Kier molecular flexibility index (Phi) is 4.49. The van der Waals surface area contributed by atoms with E-state index in [0.717, 1.165) is 38.4 Å². The molecular formula is C21H25F2N3O3. The molecule has 0 radical (unpaired) electrons. The van der Waals surface area contributed by atoms with Crippen LogP contribution in [0.1, 0.15) is 24.8 Å². The van der Waals surface area contributed by atoms with Gasteiger partial charge in [0.2, 0.25) is 5.91 Å². The van der Waals surface area contributed by atoms with Crippen molar-refractivity contribution in [3.05, 3.63) is 35.4 Å². The molecule has 4 fully saturated rings. The number of piperidine rings is 1. The molecule has 4 aliphatic rings. The summed E-state index contributed by atoms with van der Waals surface area (Å²) in [6.45, 7) is 2.72. The molecule has 6 nitrogen and oxygen atoms in total.